The summed E-state index contributed by atoms with van der Waals surface area (Å²) < 4.78 is 27.4. The average molecular weight is 451 g/mol. The number of hydrogen-bond acceptors (Lipinski definition) is 4. The standard InChI is InChI=1S/C25H26N2O4S/c28-16-23-25(21-12-10-19(11-13-21)9-8-18-6-7-18)22-14-26(15-24(29)27(22)23)32(30,31)17-20-4-2-1-3-5-20/h1-5,10-13,18,22-23,25,28H,6-7,14-17H2/t22-,23+,25-/m1/s1. The molecule has 0 bridgehead atoms. The number of sulfonamides is 1. The van der Waals surface area contributed by atoms with E-state index in [2.05, 4.69) is 11.8 Å². The van der Waals surface area contributed by atoms with E-state index in [-0.39, 0.29) is 49.4 Å². The average Bonchev–Trinajstić information content (AvgIpc) is 3.59. The Morgan fingerprint density at radius 2 is 1.75 bits per heavy atom. The number of benzene rings is 2. The first kappa shape index (κ1) is 21.2. The molecule has 3 atom stereocenters. The van der Waals surface area contributed by atoms with Crippen molar-refractivity contribution in [1.82, 2.24) is 9.21 Å². The molecular formula is C25H26N2O4S. The van der Waals surface area contributed by atoms with E-state index in [9.17, 15) is 18.3 Å². The minimum Gasteiger partial charge on any atom is -0.394 e. The molecule has 1 N–H and O–H groups in total. The molecule has 0 aromatic heterocycles. The van der Waals surface area contributed by atoms with Gasteiger partial charge in [0, 0.05) is 23.9 Å². The first-order chi connectivity index (χ1) is 15.5. The number of carbonyl (C=O) groups excluding carboxylic acids is 1. The van der Waals surface area contributed by atoms with Crippen LogP contribution in [-0.2, 0) is 20.6 Å². The van der Waals surface area contributed by atoms with Gasteiger partial charge in [0.05, 0.1) is 31.0 Å². The van der Waals surface area contributed by atoms with Gasteiger partial charge in [-0.15, -0.1) is 0 Å². The van der Waals surface area contributed by atoms with Crippen LogP contribution in [0.2, 0.25) is 0 Å². The van der Waals surface area contributed by atoms with Crippen molar-refractivity contribution in [3.05, 3.63) is 71.3 Å². The summed E-state index contributed by atoms with van der Waals surface area (Å²) in [5.74, 6) is 6.49. The van der Waals surface area contributed by atoms with Crippen molar-refractivity contribution >= 4 is 15.9 Å². The topological polar surface area (TPSA) is 77.9 Å². The summed E-state index contributed by atoms with van der Waals surface area (Å²) in [7, 11) is -3.63. The van der Waals surface area contributed by atoms with Gasteiger partial charge in [0.2, 0.25) is 15.9 Å². The zero-order valence-electron chi connectivity index (χ0n) is 17.7. The molecule has 1 aliphatic carbocycles. The third-order valence-corrected chi connectivity index (χ3v) is 8.36. The second-order valence-corrected chi connectivity index (χ2v) is 10.8. The van der Waals surface area contributed by atoms with Crippen molar-refractivity contribution in [2.75, 3.05) is 19.7 Å². The monoisotopic (exact) mass is 450 g/mol. The lowest BCUT2D eigenvalue weighted by molar-refractivity contribution is -0.158. The minimum atomic E-state index is -3.63. The first-order valence-electron chi connectivity index (χ1n) is 11.0. The summed E-state index contributed by atoms with van der Waals surface area (Å²) in [5, 5.41) is 9.95. The fraction of sp³-hybridized carbons (Fsp3) is 0.400. The lowest BCUT2D eigenvalue weighted by atomic mass is 9.74. The Kier molecular flexibility index (Phi) is 5.54. The lowest BCUT2D eigenvalue weighted by Gasteiger charge is -2.58. The smallest absolute Gasteiger partial charge is 0.238 e. The van der Waals surface area contributed by atoms with Crippen LogP contribution in [0.1, 0.15) is 35.4 Å². The van der Waals surface area contributed by atoms with Gasteiger partial charge < -0.3 is 10.0 Å². The van der Waals surface area contributed by atoms with E-state index in [1.807, 2.05) is 30.3 Å². The lowest BCUT2D eigenvalue weighted by Crippen LogP contribution is -2.73. The molecule has 0 radical (unpaired) electrons. The van der Waals surface area contributed by atoms with Crippen LogP contribution in [0.3, 0.4) is 0 Å². The highest BCUT2D eigenvalue weighted by Crippen LogP contribution is 2.43. The van der Waals surface area contributed by atoms with Gasteiger partial charge in [0.25, 0.3) is 0 Å². The molecular weight excluding hydrogens is 424 g/mol. The summed E-state index contributed by atoms with van der Waals surface area (Å²) in [6.07, 6.45) is 2.36. The predicted molar refractivity (Wildman–Crippen MR) is 121 cm³/mol. The van der Waals surface area contributed by atoms with Crippen molar-refractivity contribution in [3.8, 4) is 11.8 Å². The number of piperazine rings is 1. The maximum absolute atomic E-state index is 13.0. The normalized spacial score (nSPS) is 25.5. The molecule has 1 saturated carbocycles. The van der Waals surface area contributed by atoms with Crippen molar-refractivity contribution in [3.63, 3.8) is 0 Å². The van der Waals surface area contributed by atoms with Gasteiger partial charge in [-0.3, -0.25) is 4.79 Å². The van der Waals surface area contributed by atoms with E-state index >= 15 is 0 Å². The van der Waals surface area contributed by atoms with Gasteiger partial charge in [0.15, 0.2) is 0 Å². The predicted octanol–water partition coefficient (Wildman–Crippen LogP) is 1.95. The minimum absolute atomic E-state index is 0.107. The van der Waals surface area contributed by atoms with Gasteiger partial charge in [-0.05, 0) is 36.1 Å². The SMILES string of the molecule is O=C1CN(S(=O)(=O)Cc2ccccc2)C[C@@H]2[C@@H](c3ccc(C#CC4CC4)cc3)[C@H](CO)N12. The largest absolute Gasteiger partial charge is 0.394 e. The molecule has 2 aliphatic heterocycles. The van der Waals surface area contributed by atoms with Gasteiger partial charge in [-0.2, -0.15) is 4.31 Å². The van der Waals surface area contributed by atoms with Crippen LogP contribution < -0.4 is 0 Å². The number of amides is 1. The molecule has 0 spiro atoms. The first-order valence-corrected chi connectivity index (χ1v) is 12.6. The Morgan fingerprint density at radius 1 is 1.03 bits per heavy atom. The molecule has 2 aromatic rings. The summed E-state index contributed by atoms with van der Waals surface area (Å²) >= 11 is 0. The van der Waals surface area contributed by atoms with Crippen LogP contribution in [0.5, 0.6) is 0 Å². The molecule has 2 saturated heterocycles. The van der Waals surface area contributed by atoms with E-state index in [4.69, 9.17) is 0 Å². The van der Waals surface area contributed by atoms with Crippen LogP contribution in [-0.4, -0.2) is 60.4 Å². The Hall–Kier alpha value is -2.66. The molecule has 2 aromatic carbocycles. The number of fused-ring (bicyclic) bond motifs is 1. The van der Waals surface area contributed by atoms with Gasteiger partial charge in [0.1, 0.15) is 0 Å². The number of nitrogens with zero attached hydrogens (tertiary/aromatic N) is 2. The van der Waals surface area contributed by atoms with Gasteiger partial charge in [-0.25, -0.2) is 8.42 Å². The number of aliphatic hydroxyl groups is 1. The highest BCUT2D eigenvalue weighted by molar-refractivity contribution is 7.88. The van der Waals surface area contributed by atoms with E-state index in [0.717, 1.165) is 11.1 Å². The maximum Gasteiger partial charge on any atom is 0.238 e. The van der Waals surface area contributed by atoms with Crippen LogP contribution in [0.4, 0.5) is 0 Å². The number of aliphatic hydroxyl groups excluding tert-OH is 1. The van der Waals surface area contributed by atoms with E-state index in [1.54, 1.807) is 29.2 Å². The summed E-state index contributed by atoms with van der Waals surface area (Å²) in [4.78, 5) is 14.5. The fourth-order valence-corrected chi connectivity index (χ4v) is 6.24. The molecule has 3 aliphatic rings. The van der Waals surface area contributed by atoms with Crippen molar-refractivity contribution in [1.29, 1.82) is 0 Å². The molecule has 7 heteroatoms. The van der Waals surface area contributed by atoms with Crippen LogP contribution in [0, 0.1) is 17.8 Å². The molecule has 32 heavy (non-hydrogen) atoms. The van der Waals surface area contributed by atoms with Gasteiger partial charge >= 0.3 is 0 Å². The molecule has 2 heterocycles. The molecule has 5 rings (SSSR count). The summed E-state index contributed by atoms with van der Waals surface area (Å²) in [6.45, 7) is -0.0806. The Balaban J connectivity index is 1.35. The third-order valence-electron chi connectivity index (χ3n) is 6.60. The quantitative estimate of drug-likeness (QED) is 0.707. The number of rotatable bonds is 5. The Labute approximate surface area is 188 Å². The maximum atomic E-state index is 13.0. The van der Waals surface area contributed by atoms with Gasteiger partial charge in [-0.1, -0.05) is 54.3 Å². The van der Waals surface area contributed by atoms with Crippen LogP contribution in [0.25, 0.3) is 0 Å². The Bertz CT molecular complexity index is 1160. The summed E-state index contributed by atoms with van der Waals surface area (Å²) in [6, 6.07) is 16.3. The zero-order chi connectivity index (χ0) is 22.3. The third kappa shape index (κ3) is 4.06. The molecule has 0 unspecified atom stereocenters. The fourth-order valence-electron chi connectivity index (χ4n) is 4.76. The highest BCUT2D eigenvalue weighted by atomic mass is 32.2. The highest BCUT2D eigenvalue weighted by Gasteiger charge is 2.55. The van der Waals surface area contributed by atoms with E-state index in [0.29, 0.717) is 11.5 Å². The van der Waals surface area contributed by atoms with E-state index < -0.39 is 10.0 Å². The van der Waals surface area contributed by atoms with Crippen molar-refractivity contribution in [2.45, 2.75) is 36.6 Å². The zero-order valence-corrected chi connectivity index (χ0v) is 18.5. The second kappa shape index (κ2) is 8.36. The van der Waals surface area contributed by atoms with E-state index in [1.165, 1.54) is 17.1 Å². The number of carbonyl (C=O) groups is 1. The Morgan fingerprint density at radius 3 is 2.41 bits per heavy atom. The van der Waals surface area contributed by atoms with Crippen molar-refractivity contribution in [2.24, 2.45) is 5.92 Å². The molecule has 166 valence electrons. The molecule has 1 amide bonds. The number of hydrogen-bond donors (Lipinski definition) is 1. The van der Waals surface area contributed by atoms with Crippen LogP contribution in [0.15, 0.2) is 54.6 Å². The molecule has 6 nitrogen and oxygen atoms in total. The van der Waals surface area contributed by atoms with Crippen molar-refractivity contribution < 1.29 is 18.3 Å². The summed E-state index contributed by atoms with van der Waals surface area (Å²) in [5.41, 5.74) is 2.64. The molecule has 3 fully saturated rings. The second-order valence-electron chi connectivity index (χ2n) is 8.84. The van der Waals surface area contributed by atoms with Crippen LogP contribution >= 0.6 is 0 Å².